The number of aliphatic hydroxyl groups excluding tert-OH is 1. The van der Waals surface area contributed by atoms with Gasteiger partial charge in [-0.3, -0.25) is 5.32 Å². The van der Waals surface area contributed by atoms with Gasteiger partial charge in [-0.05, 0) is 80.9 Å². The van der Waals surface area contributed by atoms with E-state index in [2.05, 4.69) is 37.4 Å². The van der Waals surface area contributed by atoms with E-state index in [9.17, 15) is 5.11 Å². The molecule has 6 atom stereocenters. The Morgan fingerprint density at radius 1 is 1.29 bits per heavy atom. The number of alkyl halides is 1. The number of halogens is 1. The largest absolute Gasteiger partial charge is 0.371 e. The minimum atomic E-state index is -0.897. The van der Waals surface area contributed by atoms with Gasteiger partial charge in [-0.2, -0.15) is 0 Å². The third-order valence-corrected chi connectivity index (χ3v) is 8.24. The molecule has 1 aliphatic heterocycles. The smallest absolute Gasteiger partial charge is 0.213 e. The third kappa shape index (κ3) is 5.47. The molecule has 0 amide bonds. The molecule has 0 aromatic heterocycles. The van der Waals surface area contributed by atoms with Gasteiger partial charge in [0, 0.05) is 24.4 Å². The van der Waals surface area contributed by atoms with Crippen molar-refractivity contribution in [1.82, 2.24) is 5.32 Å². The number of nitrogens with one attached hydrogen (secondary N) is 1. The molecule has 1 aromatic carbocycles. The van der Waals surface area contributed by atoms with Gasteiger partial charge in [0.05, 0.1) is 11.7 Å². The van der Waals surface area contributed by atoms with Crippen molar-refractivity contribution < 1.29 is 14.6 Å². The number of benzene rings is 1. The van der Waals surface area contributed by atoms with Crippen molar-refractivity contribution in [2.45, 2.75) is 119 Å². The van der Waals surface area contributed by atoms with Crippen LogP contribution < -0.4 is 5.32 Å². The van der Waals surface area contributed by atoms with E-state index in [-0.39, 0.29) is 16.5 Å². The van der Waals surface area contributed by atoms with E-state index >= 15 is 0 Å². The summed E-state index contributed by atoms with van der Waals surface area (Å²) < 4.78 is 11.7. The number of rotatable bonds is 7. The van der Waals surface area contributed by atoms with Crippen LogP contribution in [0.5, 0.6) is 0 Å². The highest BCUT2D eigenvalue weighted by atomic mass is 35.5. The second-order valence-electron chi connectivity index (χ2n) is 10.5. The SMILES string of the molecule is CCCCC1CC(Cl)CC2(CCc3cc([C@H]4CC[C@@](C)(NC(O)OC)C4)ccc3C2)O1. The zero-order chi connectivity index (χ0) is 22.1. The molecule has 2 N–H and O–H groups in total. The number of unbranched alkanes of at least 4 members (excludes halogenated alkanes) is 1. The number of fused-ring (bicyclic) bond motifs is 1. The summed E-state index contributed by atoms with van der Waals surface area (Å²) in [6.07, 6.45) is 11.3. The van der Waals surface area contributed by atoms with Crippen molar-refractivity contribution >= 4 is 11.6 Å². The second kappa shape index (κ2) is 9.69. The molecule has 1 heterocycles. The van der Waals surface area contributed by atoms with Gasteiger partial charge in [0.1, 0.15) is 0 Å². The quantitative estimate of drug-likeness (QED) is 0.430. The molecule has 174 valence electrons. The van der Waals surface area contributed by atoms with Gasteiger partial charge >= 0.3 is 0 Å². The first kappa shape index (κ1) is 23.5. The van der Waals surface area contributed by atoms with Crippen LogP contribution >= 0.6 is 11.6 Å². The zero-order valence-electron chi connectivity index (χ0n) is 19.5. The molecule has 1 saturated heterocycles. The molecule has 31 heavy (non-hydrogen) atoms. The van der Waals surface area contributed by atoms with Crippen LogP contribution in [-0.2, 0) is 22.3 Å². The van der Waals surface area contributed by atoms with E-state index in [0.717, 1.165) is 57.8 Å². The number of ether oxygens (including phenoxy) is 2. The van der Waals surface area contributed by atoms with Crippen LogP contribution in [0.3, 0.4) is 0 Å². The van der Waals surface area contributed by atoms with Crippen LogP contribution in [0.25, 0.3) is 0 Å². The van der Waals surface area contributed by atoms with E-state index < -0.39 is 6.41 Å². The first-order chi connectivity index (χ1) is 14.8. The van der Waals surface area contributed by atoms with E-state index in [1.807, 2.05) is 0 Å². The van der Waals surface area contributed by atoms with E-state index in [1.54, 1.807) is 0 Å². The summed E-state index contributed by atoms with van der Waals surface area (Å²) in [4.78, 5) is 0. The van der Waals surface area contributed by atoms with Crippen LogP contribution in [-0.4, -0.2) is 41.3 Å². The van der Waals surface area contributed by atoms with Crippen LogP contribution in [0, 0.1) is 0 Å². The number of aryl methyl sites for hydroxylation is 1. The Kier molecular flexibility index (Phi) is 7.34. The molecule has 1 saturated carbocycles. The van der Waals surface area contributed by atoms with Gasteiger partial charge in [-0.15, -0.1) is 11.6 Å². The average molecular weight is 450 g/mol. The fraction of sp³-hybridized carbons (Fsp3) is 0.769. The molecular formula is C26H40ClNO3. The van der Waals surface area contributed by atoms with Crippen LogP contribution in [0.1, 0.15) is 94.2 Å². The van der Waals surface area contributed by atoms with E-state index in [0.29, 0.717) is 12.0 Å². The fourth-order valence-electron chi connectivity index (χ4n) is 6.22. The molecule has 4 unspecified atom stereocenters. The fourth-order valence-corrected chi connectivity index (χ4v) is 6.70. The summed E-state index contributed by atoms with van der Waals surface area (Å²) in [6.45, 7) is 4.43. The molecular weight excluding hydrogens is 410 g/mol. The normalized spacial score (nSPS) is 36.5. The highest BCUT2D eigenvalue weighted by Gasteiger charge is 2.43. The van der Waals surface area contributed by atoms with Crippen LogP contribution in [0.2, 0.25) is 0 Å². The van der Waals surface area contributed by atoms with E-state index in [4.69, 9.17) is 21.1 Å². The Morgan fingerprint density at radius 2 is 2.13 bits per heavy atom. The third-order valence-electron chi connectivity index (χ3n) is 7.91. The van der Waals surface area contributed by atoms with Crippen molar-refractivity contribution in [3.8, 4) is 0 Å². The topological polar surface area (TPSA) is 50.7 Å². The average Bonchev–Trinajstić information content (AvgIpc) is 3.12. The second-order valence-corrected chi connectivity index (χ2v) is 11.2. The first-order valence-electron chi connectivity index (χ1n) is 12.3. The summed E-state index contributed by atoms with van der Waals surface area (Å²) in [5.41, 5.74) is 4.23. The first-order valence-corrected chi connectivity index (χ1v) is 12.7. The number of methoxy groups -OCH3 is 1. The molecule has 4 rings (SSSR count). The van der Waals surface area contributed by atoms with Crippen LogP contribution in [0.4, 0.5) is 0 Å². The molecule has 2 fully saturated rings. The Labute approximate surface area is 193 Å². The Balaban J connectivity index is 1.43. The maximum absolute atomic E-state index is 9.85. The minimum Gasteiger partial charge on any atom is -0.371 e. The highest BCUT2D eigenvalue weighted by Crippen LogP contribution is 2.45. The summed E-state index contributed by atoms with van der Waals surface area (Å²) in [6, 6.07) is 7.12. The summed E-state index contributed by atoms with van der Waals surface area (Å²) in [5, 5.41) is 13.3. The maximum atomic E-state index is 9.85. The van der Waals surface area contributed by atoms with Crippen molar-refractivity contribution in [1.29, 1.82) is 0 Å². The van der Waals surface area contributed by atoms with Gasteiger partial charge in [-0.1, -0.05) is 38.0 Å². The van der Waals surface area contributed by atoms with Crippen molar-refractivity contribution in [2.75, 3.05) is 7.11 Å². The van der Waals surface area contributed by atoms with Gasteiger partial charge in [0.25, 0.3) is 0 Å². The van der Waals surface area contributed by atoms with Crippen molar-refractivity contribution in [3.63, 3.8) is 0 Å². The zero-order valence-corrected chi connectivity index (χ0v) is 20.2. The minimum absolute atomic E-state index is 0.0657. The molecule has 1 spiro atoms. The standard InChI is InChI=1S/C26H40ClNO3/c1-4-5-6-23-14-22(27)17-26(31-23)12-10-19-13-18(7-8-20(19)16-26)21-9-11-25(2,15-21)28-24(29)30-3/h7-8,13,21-24,28-29H,4-6,9-12,14-17H2,1-3H3/t21-,22?,23?,24?,25+,26?/m0/s1. The molecule has 3 aliphatic rings. The summed E-state index contributed by atoms with van der Waals surface area (Å²) >= 11 is 6.71. The van der Waals surface area contributed by atoms with Gasteiger partial charge in [0.2, 0.25) is 6.41 Å². The lowest BCUT2D eigenvalue weighted by molar-refractivity contribution is -0.135. The molecule has 4 nitrogen and oxygen atoms in total. The molecule has 0 radical (unpaired) electrons. The maximum Gasteiger partial charge on any atom is 0.213 e. The van der Waals surface area contributed by atoms with Crippen molar-refractivity contribution in [3.05, 3.63) is 34.9 Å². The van der Waals surface area contributed by atoms with Gasteiger partial charge < -0.3 is 14.6 Å². The Morgan fingerprint density at radius 3 is 2.90 bits per heavy atom. The number of hydrogen-bond donors (Lipinski definition) is 2. The lowest BCUT2D eigenvalue weighted by Gasteiger charge is -2.46. The molecule has 1 aromatic rings. The molecule has 0 bridgehead atoms. The van der Waals surface area contributed by atoms with Gasteiger partial charge in [0.15, 0.2) is 0 Å². The summed E-state index contributed by atoms with van der Waals surface area (Å²) in [5.74, 6) is 0.527. The lowest BCUT2D eigenvalue weighted by Crippen LogP contribution is -2.48. The number of aliphatic hydroxyl groups is 1. The summed E-state index contributed by atoms with van der Waals surface area (Å²) in [7, 11) is 1.53. The predicted octanol–water partition coefficient (Wildman–Crippen LogP) is 5.43. The van der Waals surface area contributed by atoms with Crippen molar-refractivity contribution in [2.24, 2.45) is 0 Å². The van der Waals surface area contributed by atoms with Crippen LogP contribution in [0.15, 0.2) is 18.2 Å². The Bertz CT molecular complexity index is 758. The monoisotopic (exact) mass is 449 g/mol. The highest BCUT2D eigenvalue weighted by molar-refractivity contribution is 6.20. The molecule has 2 aliphatic carbocycles. The van der Waals surface area contributed by atoms with Gasteiger partial charge in [-0.25, -0.2) is 0 Å². The lowest BCUT2D eigenvalue weighted by atomic mass is 9.74. The number of hydrogen-bond acceptors (Lipinski definition) is 4. The Hall–Kier alpha value is -0.650. The van der Waals surface area contributed by atoms with E-state index in [1.165, 1.54) is 36.6 Å². The predicted molar refractivity (Wildman–Crippen MR) is 126 cm³/mol. The molecule has 5 heteroatoms.